The van der Waals surface area contributed by atoms with Gasteiger partial charge in [-0.1, -0.05) is 15.9 Å². The number of alkyl halides is 4. The van der Waals surface area contributed by atoms with E-state index in [0.717, 1.165) is 12.3 Å². The zero-order valence-electron chi connectivity index (χ0n) is 6.45. The zero-order valence-corrected chi connectivity index (χ0v) is 9.62. The molecule has 0 aromatic carbocycles. The van der Waals surface area contributed by atoms with Crippen molar-refractivity contribution < 1.29 is 17.6 Å². The highest BCUT2D eigenvalue weighted by Crippen LogP contribution is 2.40. The molecule has 1 rings (SSSR count). The van der Waals surface area contributed by atoms with E-state index in [2.05, 4.69) is 36.8 Å². The maximum atomic E-state index is 12.9. The molecule has 0 spiro atoms. The van der Waals surface area contributed by atoms with Gasteiger partial charge in [-0.15, -0.1) is 0 Å². The third-order valence-electron chi connectivity index (χ3n) is 1.39. The molecule has 0 amide bonds. The summed E-state index contributed by atoms with van der Waals surface area (Å²) in [5, 5.41) is 0. The van der Waals surface area contributed by atoms with E-state index in [4.69, 9.17) is 0 Å². The Kier molecular flexibility index (Phi) is 3.52. The predicted octanol–water partition coefficient (Wildman–Crippen LogP) is 3.98. The highest BCUT2D eigenvalue weighted by atomic mass is 79.9. The molecule has 0 saturated carbocycles. The summed E-state index contributed by atoms with van der Waals surface area (Å²) in [6.45, 7) is 0. The van der Waals surface area contributed by atoms with Gasteiger partial charge in [-0.2, -0.15) is 17.6 Å². The third kappa shape index (κ3) is 2.66. The number of hydrogen-bond donors (Lipinski definition) is 0. The van der Waals surface area contributed by atoms with Crippen LogP contribution in [0.2, 0.25) is 0 Å². The Bertz CT molecular complexity index is 339. The first kappa shape index (κ1) is 11.9. The molecule has 0 bridgehead atoms. The van der Waals surface area contributed by atoms with Crippen LogP contribution in [0.4, 0.5) is 17.6 Å². The molecule has 0 N–H and O–H groups in total. The summed E-state index contributed by atoms with van der Waals surface area (Å²) < 4.78 is 49.8. The average Bonchev–Trinajstić information content (AvgIpc) is 2.06. The molecule has 0 fully saturated rings. The second kappa shape index (κ2) is 4.14. The molecule has 14 heavy (non-hydrogen) atoms. The summed E-state index contributed by atoms with van der Waals surface area (Å²) in [4.78, 5) is 1.13. The van der Waals surface area contributed by atoms with Crippen LogP contribution < -0.4 is 0 Å². The summed E-state index contributed by atoms with van der Waals surface area (Å²) >= 11 is 5.28. The summed E-state index contributed by atoms with van der Waals surface area (Å²) in [6, 6.07) is 1.04. The van der Waals surface area contributed by atoms with Crippen LogP contribution >= 0.6 is 31.9 Å². The molecule has 1 heterocycles. The average molecular weight is 337 g/mol. The van der Waals surface area contributed by atoms with Gasteiger partial charge in [-0.3, -0.25) is 0 Å². The molecular weight excluding hydrogens is 334 g/mol. The summed E-state index contributed by atoms with van der Waals surface area (Å²) in [7, 11) is 0. The van der Waals surface area contributed by atoms with Gasteiger partial charge in [-0.25, -0.2) is 4.98 Å². The second-order valence-corrected chi connectivity index (χ2v) is 4.27. The highest BCUT2D eigenvalue weighted by Gasteiger charge is 2.40. The van der Waals surface area contributed by atoms with Crippen molar-refractivity contribution in [2.45, 2.75) is 11.0 Å². The van der Waals surface area contributed by atoms with Gasteiger partial charge in [-0.05, 0) is 22.0 Å². The minimum absolute atomic E-state index is 0.294. The van der Waals surface area contributed by atoms with Crippen LogP contribution in [-0.2, 0) is 0 Å². The van der Waals surface area contributed by atoms with Crippen LogP contribution in [0.25, 0.3) is 0 Å². The first-order valence-electron chi connectivity index (χ1n) is 3.34. The molecule has 7 heteroatoms. The van der Waals surface area contributed by atoms with Gasteiger partial charge in [0.1, 0.15) is 4.83 Å². The maximum Gasteiger partial charge on any atom is 0.405 e. The van der Waals surface area contributed by atoms with Gasteiger partial charge < -0.3 is 0 Å². The largest absolute Gasteiger partial charge is 0.405 e. The topological polar surface area (TPSA) is 12.9 Å². The van der Waals surface area contributed by atoms with Gasteiger partial charge in [0.2, 0.25) is 5.95 Å². The lowest BCUT2D eigenvalue weighted by atomic mass is 10.2. The molecule has 78 valence electrons. The minimum atomic E-state index is -4.54. The Morgan fingerprint density at radius 2 is 1.93 bits per heavy atom. The van der Waals surface area contributed by atoms with Crippen LogP contribution in [0.15, 0.2) is 16.7 Å². The van der Waals surface area contributed by atoms with E-state index in [9.17, 15) is 17.6 Å². The van der Waals surface area contributed by atoms with Crippen LogP contribution in [0, 0.1) is 5.95 Å². The SMILES string of the molecule is Fc1ncc(Br)cc1C(Br)C(F)(F)F. The molecule has 1 aromatic rings. The molecular formula is C7H3Br2F4N. The Labute approximate surface area is 93.8 Å². The number of hydrogen-bond acceptors (Lipinski definition) is 1. The second-order valence-electron chi connectivity index (χ2n) is 2.44. The fourth-order valence-corrected chi connectivity index (χ4v) is 1.46. The molecule has 0 aliphatic carbocycles. The van der Waals surface area contributed by atoms with Crippen molar-refractivity contribution in [3.05, 3.63) is 28.2 Å². The Morgan fingerprint density at radius 1 is 1.36 bits per heavy atom. The predicted molar refractivity (Wildman–Crippen MR) is 49.6 cm³/mol. The van der Waals surface area contributed by atoms with Crippen LogP contribution in [0.5, 0.6) is 0 Å². The van der Waals surface area contributed by atoms with Crippen molar-refractivity contribution in [1.82, 2.24) is 4.98 Å². The van der Waals surface area contributed by atoms with E-state index >= 15 is 0 Å². The van der Waals surface area contributed by atoms with Crippen molar-refractivity contribution in [2.24, 2.45) is 0 Å². The number of pyridine rings is 1. The summed E-state index contributed by atoms with van der Waals surface area (Å²) in [5.41, 5.74) is -0.535. The normalized spacial score (nSPS) is 14.1. The molecule has 0 aliphatic rings. The van der Waals surface area contributed by atoms with E-state index in [1.807, 2.05) is 0 Å². The van der Waals surface area contributed by atoms with Gasteiger partial charge in [0.15, 0.2) is 0 Å². The molecule has 0 aliphatic heterocycles. The zero-order chi connectivity index (χ0) is 10.9. The maximum absolute atomic E-state index is 12.9. The first-order chi connectivity index (χ1) is 6.32. The monoisotopic (exact) mass is 335 g/mol. The molecule has 0 saturated heterocycles. The minimum Gasteiger partial charge on any atom is -0.227 e. The van der Waals surface area contributed by atoms with Crippen molar-refractivity contribution in [2.75, 3.05) is 0 Å². The lowest BCUT2D eigenvalue weighted by Gasteiger charge is -2.14. The van der Waals surface area contributed by atoms with Gasteiger partial charge >= 0.3 is 6.18 Å². The van der Waals surface area contributed by atoms with Gasteiger partial charge in [0.25, 0.3) is 0 Å². The Balaban J connectivity index is 3.12. The van der Waals surface area contributed by atoms with Gasteiger partial charge in [0.05, 0.1) is 0 Å². The molecule has 0 radical (unpaired) electrons. The lowest BCUT2D eigenvalue weighted by molar-refractivity contribution is -0.128. The molecule has 1 nitrogen and oxygen atoms in total. The molecule has 1 atom stereocenters. The van der Waals surface area contributed by atoms with Crippen molar-refractivity contribution in [3.8, 4) is 0 Å². The number of halogens is 6. The standard InChI is InChI=1S/C7H3Br2F4N/c8-3-1-4(6(10)14-2-3)5(9)7(11,12)13/h1-2,5H. The van der Waals surface area contributed by atoms with Crippen LogP contribution in [0.1, 0.15) is 10.4 Å². The lowest BCUT2D eigenvalue weighted by Crippen LogP contribution is -2.16. The quantitative estimate of drug-likeness (QED) is 0.429. The number of nitrogens with zero attached hydrogens (tertiary/aromatic N) is 1. The Hall–Kier alpha value is -0.170. The fourth-order valence-electron chi connectivity index (χ4n) is 0.792. The smallest absolute Gasteiger partial charge is 0.227 e. The summed E-state index contributed by atoms with van der Waals surface area (Å²) in [5.74, 6) is -1.13. The van der Waals surface area contributed by atoms with Crippen molar-refractivity contribution >= 4 is 31.9 Å². The van der Waals surface area contributed by atoms with E-state index in [0.29, 0.717) is 4.47 Å². The van der Waals surface area contributed by atoms with E-state index < -0.39 is 22.5 Å². The van der Waals surface area contributed by atoms with E-state index in [1.165, 1.54) is 0 Å². The van der Waals surface area contributed by atoms with Crippen molar-refractivity contribution in [1.29, 1.82) is 0 Å². The van der Waals surface area contributed by atoms with E-state index in [-0.39, 0.29) is 0 Å². The number of rotatable bonds is 1. The third-order valence-corrected chi connectivity index (χ3v) is 2.84. The van der Waals surface area contributed by atoms with E-state index in [1.54, 1.807) is 0 Å². The van der Waals surface area contributed by atoms with Gasteiger partial charge in [0, 0.05) is 16.2 Å². The first-order valence-corrected chi connectivity index (χ1v) is 5.05. The Morgan fingerprint density at radius 3 is 2.43 bits per heavy atom. The fraction of sp³-hybridized carbons (Fsp3) is 0.286. The summed E-state index contributed by atoms with van der Waals surface area (Å²) in [6.07, 6.45) is -3.45. The molecule has 1 unspecified atom stereocenters. The van der Waals surface area contributed by atoms with Crippen LogP contribution in [0.3, 0.4) is 0 Å². The highest BCUT2D eigenvalue weighted by molar-refractivity contribution is 9.10. The van der Waals surface area contributed by atoms with Crippen molar-refractivity contribution in [3.63, 3.8) is 0 Å². The van der Waals surface area contributed by atoms with Crippen LogP contribution in [-0.4, -0.2) is 11.2 Å². The molecule has 1 aromatic heterocycles. The number of aromatic nitrogens is 1.